The number of fused-ring (bicyclic) bond motifs is 1. The number of hydrogen-bond acceptors (Lipinski definition) is 2. The SMILES string of the molecule is CCNC1c2cc(Br)ccc2CSC1C(C)C. The van der Waals surface area contributed by atoms with Crippen molar-refractivity contribution in [3.05, 3.63) is 33.8 Å². The molecule has 2 atom stereocenters. The molecule has 0 saturated heterocycles. The number of thioether (sulfide) groups is 1. The highest BCUT2D eigenvalue weighted by Crippen LogP contribution is 2.41. The first-order valence-electron chi connectivity index (χ1n) is 6.26. The smallest absolute Gasteiger partial charge is 0.0446 e. The third-order valence-electron chi connectivity index (χ3n) is 3.28. The molecule has 17 heavy (non-hydrogen) atoms. The van der Waals surface area contributed by atoms with Crippen molar-refractivity contribution < 1.29 is 0 Å². The van der Waals surface area contributed by atoms with Crippen LogP contribution >= 0.6 is 27.7 Å². The quantitative estimate of drug-likeness (QED) is 0.889. The Hall–Kier alpha value is 0.01000. The normalized spacial score (nSPS) is 23.8. The van der Waals surface area contributed by atoms with Gasteiger partial charge in [-0.2, -0.15) is 11.8 Å². The summed E-state index contributed by atoms with van der Waals surface area (Å²) in [4.78, 5) is 0. The van der Waals surface area contributed by atoms with Crippen LogP contribution in [0.4, 0.5) is 0 Å². The third kappa shape index (κ3) is 2.88. The summed E-state index contributed by atoms with van der Waals surface area (Å²) in [5, 5.41) is 4.34. The van der Waals surface area contributed by atoms with Crippen LogP contribution in [0.25, 0.3) is 0 Å². The van der Waals surface area contributed by atoms with Gasteiger partial charge >= 0.3 is 0 Å². The van der Waals surface area contributed by atoms with Crippen LogP contribution in [0.2, 0.25) is 0 Å². The molecule has 1 aliphatic rings. The van der Waals surface area contributed by atoms with Gasteiger partial charge in [0.15, 0.2) is 0 Å². The molecule has 0 saturated carbocycles. The second-order valence-electron chi connectivity index (χ2n) is 4.90. The van der Waals surface area contributed by atoms with Gasteiger partial charge in [0, 0.05) is 21.5 Å². The average Bonchev–Trinajstić information content (AvgIpc) is 2.29. The van der Waals surface area contributed by atoms with E-state index in [1.165, 1.54) is 15.6 Å². The summed E-state index contributed by atoms with van der Waals surface area (Å²) >= 11 is 5.68. The fourth-order valence-electron chi connectivity index (χ4n) is 2.47. The van der Waals surface area contributed by atoms with E-state index in [1.54, 1.807) is 0 Å². The van der Waals surface area contributed by atoms with Crippen LogP contribution in [0.3, 0.4) is 0 Å². The van der Waals surface area contributed by atoms with E-state index in [2.05, 4.69) is 72.0 Å². The van der Waals surface area contributed by atoms with Gasteiger partial charge in [0.1, 0.15) is 0 Å². The molecule has 1 heterocycles. The van der Waals surface area contributed by atoms with Gasteiger partial charge < -0.3 is 5.32 Å². The lowest BCUT2D eigenvalue weighted by atomic mass is 9.92. The molecule has 94 valence electrons. The Balaban J connectivity index is 2.37. The number of benzene rings is 1. The van der Waals surface area contributed by atoms with E-state index in [0.29, 0.717) is 17.2 Å². The van der Waals surface area contributed by atoms with Crippen LogP contribution in [-0.2, 0) is 5.75 Å². The molecule has 1 N–H and O–H groups in total. The zero-order chi connectivity index (χ0) is 12.4. The lowest BCUT2D eigenvalue weighted by Gasteiger charge is -2.36. The summed E-state index contributed by atoms with van der Waals surface area (Å²) in [5.41, 5.74) is 2.97. The van der Waals surface area contributed by atoms with Gasteiger partial charge in [-0.15, -0.1) is 0 Å². The molecule has 2 unspecified atom stereocenters. The zero-order valence-corrected chi connectivity index (χ0v) is 13.1. The van der Waals surface area contributed by atoms with E-state index in [1.807, 2.05) is 0 Å². The molecule has 0 fully saturated rings. The minimum atomic E-state index is 0.492. The van der Waals surface area contributed by atoms with E-state index in [4.69, 9.17) is 0 Å². The van der Waals surface area contributed by atoms with E-state index in [0.717, 1.165) is 12.3 Å². The highest BCUT2D eigenvalue weighted by molar-refractivity contribution is 9.10. The third-order valence-corrected chi connectivity index (χ3v) is 5.46. The van der Waals surface area contributed by atoms with Crippen molar-refractivity contribution >= 4 is 27.7 Å². The van der Waals surface area contributed by atoms with Crippen molar-refractivity contribution in [1.29, 1.82) is 0 Å². The summed E-state index contributed by atoms with van der Waals surface area (Å²) in [6, 6.07) is 7.19. The van der Waals surface area contributed by atoms with Gasteiger partial charge in [0.25, 0.3) is 0 Å². The number of nitrogens with one attached hydrogen (secondary N) is 1. The first-order chi connectivity index (χ1) is 8.13. The standard InChI is InChI=1S/C14H20BrNS/c1-4-16-13-12-7-11(15)6-5-10(12)8-17-14(13)9(2)3/h5-7,9,13-14,16H,4,8H2,1-3H3. The molecule has 1 aromatic carbocycles. The lowest BCUT2D eigenvalue weighted by molar-refractivity contribution is 0.447. The van der Waals surface area contributed by atoms with Crippen LogP contribution in [0.5, 0.6) is 0 Å². The monoisotopic (exact) mass is 313 g/mol. The Labute approximate surface area is 117 Å². The van der Waals surface area contributed by atoms with E-state index in [9.17, 15) is 0 Å². The Kier molecular flexibility index (Phi) is 4.56. The van der Waals surface area contributed by atoms with Crippen LogP contribution in [0, 0.1) is 5.92 Å². The van der Waals surface area contributed by atoms with Crippen molar-refractivity contribution in [1.82, 2.24) is 5.32 Å². The molecule has 2 rings (SSSR count). The van der Waals surface area contributed by atoms with E-state index >= 15 is 0 Å². The highest BCUT2D eigenvalue weighted by Gasteiger charge is 2.31. The summed E-state index contributed by atoms with van der Waals surface area (Å²) in [6.07, 6.45) is 0. The second-order valence-corrected chi connectivity index (χ2v) is 6.98. The minimum absolute atomic E-state index is 0.492. The second kappa shape index (κ2) is 5.77. The molecule has 1 aromatic rings. The van der Waals surface area contributed by atoms with Gasteiger partial charge in [-0.25, -0.2) is 0 Å². The van der Waals surface area contributed by atoms with Crippen molar-refractivity contribution in [3.63, 3.8) is 0 Å². The topological polar surface area (TPSA) is 12.0 Å². The minimum Gasteiger partial charge on any atom is -0.309 e. The van der Waals surface area contributed by atoms with Crippen molar-refractivity contribution in [3.8, 4) is 0 Å². The Morgan fingerprint density at radius 1 is 1.47 bits per heavy atom. The van der Waals surface area contributed by atoms with Crippen LogP contribution in [0.15, 0.2) is 22.7 Å². The van der Waals surface area contributed by atoms with Crippen molar-refractivity contribution in [2.75, 3.05) is 6.54 Å². The first-order valence-corrected chi connectivity index (χ1v) is 8.11. The molecule has 0 aliphatic carbocycles. The van der Waals surface area contributed by atoms with E-state index < -0.39 is 0 Å². The fraction of sp³-hybridized carbons (Fsp3) is 0.571. The van der Waals surface area contributed by atoms with Gasteiger partial charge in [-0.3, -0.25) is 0 Å². The lowest BCUT2D eigenvalue weighted by Crippen LogP contribution is -2.36. The summed E-state index contributed by atoms with van der Waals surface area (Å²) in [6.45, 7) is 7.87. The van der Waals surface area contributed by atoms with E-state index in [-0.39, 0.29) is 0 Å². The van der Waals surface area contributed by atoms with Gasteiger partial charge in [-0.05, 0) is 35.7 Å². The summed E-state index contributed by atoms with van der Waals surface area (Å²) in [7, 11) is 0. The molecule has 1 aliphatic heterocycles. The Morgan fingerprint density at radius 3 is 2.88 bits per heavy atom. The summed E-state index contributed by atoms with van der Waals surface area (Å²) < 4.78 is 1.19. The number of hydrogen-bond donors (Lipinski definition) is 1. The first kappa shape index (κ1) is 13.4. The number of halogens is 1. The molecule has 1 nitrogen and oxygen atoms in total. The largest absolute Gasteiger partial charge is 0.309 e. The average molecular weight is 314 g/mol. The molecule has 0 amide bonds. The van der Waals surface area contributed by atoms with Crippen LogP contribution < -0.4 is 5.32 Å². The van der Waals surface area contributed by atoms with Crippen molar-refractivity contribution in [2.24, 2.45) is 5.92 Å². The van der Waals surface area contributed by atoms with Gasteiger partial charge in [-0.1, -0.05) is 42.8 Å². The predicted molar refractivity (Wildman–Crippen MR) is 80.5 cm³/mol. The fourth-order valence-corrected chi connectivity index (χ4v) is 4.30. The maximum Gasteiger partial charge on any atom is 0.0446 e. The highest BCUT2D eigenvalue weighted by atomic mass is 79.9. The molecule has 0 spiro atoms. The molecule has 0 bridgehead atoms. The Morgan fingerprint density at radius 2 is 2.24 bits per heavy atom. The van der Waals surface area contributed by atoms with Crippen LogP contribution in [-0.4, -0.2) is 11.8 Å². The zero-order valence-electron chi connectivity index (χ0n) is 10.7. The van der Waals surface area contributed by atoms with Gasteiger partial charge in [0.2, 0.25) is 0 Å². The van der Waals surface area contributed by atoms with Gasteiger partial charge in [0.05, 0.1) is 0 Å². The molecule has 0 radical (unpaired) electrons. The molecule has 0 aromatic heterocycles. The molecular formula is C14H20BrNS. The molecule has 3 heteroatoms. The Bertz CT molecular complexity index is 392. The summed E-state index contributed by atoms with van der Waals surface area (Å²) in [5.74, 6) is 1.85. The predicted octanol–water partition coefficient (Wildman–Crippen LogP) is 4.37. The number of rotatable bonds is 3. The van der Waals surface area contributed by atoms with Crippen molar-refractivity contribution in [2.45, 2.75) is 37.8 Å². The maximum absolute atomic E-state index is 3.66. The molecular weight excluding hydrogens is 294 g/mol. The van der Waals surface area contributed by atoms with Crippen LogP contribution in [0.1, 0.15) is 37.9 Å². The maximum atomic E-state index is 3.66.